The number of nitrogens with zero attached hydrogens (tertiary/aromatic N) is 1. The van der Waals surface area contributed by atoms with E-state index in [1.54, 1.807) is 7.11 Å². The molecule has 2 N–H and O–H groups in total. The molecule has 0 aliphatic rings. The van der Waals surface area contributed by atoms with Crippen LogP contribution < -0.4 is 5.73 Å². The van der Waals surface area contributed by atoms with Crippen LogP contribution in [0.1, 0.15) is 24.9 Å². The number of hydrogen-bond acceptors (Lipinski definition) is 3. The van der Waals surface area contributed by atoms with Gasteiger partial charge in [-0.25, -0.2) is 0 Å². The van der Waals surface area contributed by atoms with Gasteiger partial charge in [-0.2, -0.15) is 0 Å². The van der Waals surface area contributed by atoms with E-state index >= 15 is 0 Å². The van der Waals surface area contributed by atoms with Gasteiger partial charge in [-0.05, 0) is 32.0 Å². The molecule has 0 aliphatic heterocycles. The summed E-state index contributed by atoms with van der Waals surface area (Å²) in [5.74, 6) is 0. The third-order valence-electron chi connectivity index (χ3n) is 3.42. The molecule has 0 heterocycles. The molecule has 0 radical (unpaired) electrons. The summed E-state index contributed by atoms with van der Waals surface area (Å²) in [5, 5.41) is 0.818. The predicted octanol–water partition coefficient (Wildman–Crippen LogP) is 2.70. The molecule has 0 aliphatic carbocycles. The largest absolute Gasteiger partial charge is 0.380 e. The molecule has 1 aromatic carbocycles. The van der Waals surface area contributed by atoms with E-state index in [1.165, 1.54) is 0 Å². The van der Waals surface area contributed by atoms with Crippen LogP contribution in [-0.2, 0) is 4.74 Å². The van der Waals surface area contributed by atoms with Crippen LogP contribution in [0.4, 0.5) is 0 Å². The quantitative estimate of drug-likeness (QED) is 0.828. The standard InChI is InChI=1S/C14H23ClN2O/c1-11(13-6-4-5-7-14(13)15)17(2)9-8-12(10-16)18-3/h4-7,11-12H,8-10,16H2,1-3H3. The second-order valence-electron chi connectivity index (χ2n) is 4.56. The minimum atomic E-state index is 0.130. The highest BCUT2D eigenvalue weighted by molar-refractivity contribution is 6.31. The number of ether oxygens (including phenoxy) is 1. The lowest BCUT2D eigenvalue weighted by atomic mass is 10.1. The smallest absolute Gasteiger partial charge is 0.0705 e. The Balaban J connectivity index is 2.56. The summed E-state index contributed by atoms with van der Waals surface area (Å²) in [5.41, 5.74) is 6.77. The van der Waals surface area contributed by atoms with E-state index in [0.717, 1.165) is 23.6 Å². The number of hydrogen-bond donors (Lipinski definition) is 1. The van der Waals surface area contributed by atoms with Crippen LogP contribution in [0.5, 0.6) is 0 Å². The molecule has 18 heavy (non-hydrogen) atoms. The van der Waals surface area contributed by atoms with E-state index in [9.17, 15) is 0 Å². The number of rotatable bonds is 7. The summed E-state index contributed by atoms with van der Waals surface area (Å²) in [6, 6.07) is 8.25. The predicted molar refractivity (Wildman–Crippen MR) is 77.0 cm³/mol. The van der Waals surface area contributed by atoms with Crippen molar-refractivity contribution >= 4 is 11.6 Å². The normalized spacial score (nSPS) is 14.8. The van der Waals surface area contributed by atoms with E-state index < -0.39 is 0 Å². The van der Waals surface area contributed by atoms with Gasteiger partial charge in [0, 0.05) is 31.3 Å². The van der Waals surface area contributed by atoms with Crippen molar-refractivity contribution in [3.05, 3.63) is 34.9 Å². The maximum absolute atomic E-state index is 6.21. The zero-order chi connectivity index (χ0) is 13.5. The average Bonchev–Trinajstić information content (AvgIpc) is 2.39. The van der Waals surface area contributed by atoms with Crippen LogP contribution in [0.3, 0.4) is 0 Å². The molecule has 2 atom stereocenters. The molecule has 0 aromatic heterocycles. The number of methoxy groups -OCH3 is 1. The van der Waals surface area contributed by atoms with Gasteiger partial charge in [0.25, 0.3) is 0 Å². The summed E-state index contributed by atoms with van der Waals surface area (Å²) in [7, 11) is 3.80. The Morgan fingerprint density at radius 3 is 2.61 bits per heavy atom. The average molecular weight is 271 g/mol. The monoisotopic (exact) mass is 270 g/mol. The summed E-state index contributed by atoms with van der Waals surface area (Å²) < 4.78 is 5.28. The maximum atomic E-state index is 6.21. The highest BCUT2D eigenvalue weighted by atomic mass is 35.5. The van der Waals surface area contributed by atoms with Gasteiger partial charge >= 0.3 is 0 Å². The zero-order valence-corrected chi connectivity index (χ0v) is 12.2. The van der Waals surface area contributed by atoms with Gasteiger partial charge < -0.3 is 10.5 Å². The lowest BCUT2D eigenvalue weighted by Gasteiger charge is -2.27. The van der Waals surface area contributed by atoms with E-state index in [2.05, 4.69) is 24.9 Å². The van der Waals surface area contributed by atoms with Crippen molar-refractivity contribution in [2.45, 2.75) is 25.5 Å². The fraction of sp³-hybridized carbons (Fsp3) is 0.571. The second kappa shape index (κ2) is 7.74. The van der Waals surface area contributed by atoms with Crippen LogP contribution in [0.2, 0.25) is 5.02 Å². The van der Waals surface area contributed by atoms with Crippen LogP contribution in [-0.4, -0.2) is 38.3 Å². The number of nitrogens with two attached hydrogens (primary N) is 1. The minimum Gasteiger partial charge on any atom is -0.380 e. The van der Waals surface area contributed by atoms with Gasteiger partial charge in [0.1, 0.15) is 0 Å². The van der Waals surface area contributed by atoms with Crippen molar-refractivity contribution in [1.29, 1.82) is 0 Å². The van der Waals surface area contributed by atoms with E-state index in [-0.39, 0.29) is 12.1 Å². The Morgan fingerprint density at radius 1 is 1.39 bits per heavy atom. The van der Waals surface area contributed by atoms with Crippen molar-refractivity contribution in [3.63, 3.8) is 0 Å². The van der Waals surface area contributed by atoms with E-state index in [0.29, 0.717) is 6.54 Å². The number of halogens is 1. The lowest BCUT2D eigenvalue weighted by Crippen LogP contribution is -2.30. The fourth-order valence-corrected chi connectivity index (χ4v) is 2.22. The zero-order valence-electron chi connectivity index (χ0n) is 11.4. The van der Waals surface area contributed by atoms with Gasteiger partial charge in [-0.1, -0.05) is 29.8 Å². The molecule has 0 bridgehead atoms. The van der Waals surface area contributed by atoms with Crippen molar-refractivity contribution in [2.75, 3.05) is 27.2 Å². The molecule has 3 nitrogen and oxygen atoms in total. The fourth-order valence-electron chi connectivity index (χ4n) is 1.92. The Labute approximate surface area is 115 Å². The van der Waals surface area contributed by atoms with Crippen LogP contribution in [0, 0.1) is 0 Å². The Bertz CT molecular complexity index is 355. The highest BCUT2D eigenvalue weighted by Gasteiger charge is 2.15. The minimum absolute atomic E-state index is 0.130. The first-order valence-electron chi connectivity index (χ1n) is 6.27. The molecule has 4 heteroatoms. The van der Waals surface area contributed by atoms with Crippen molar-refractivity contribution < 1.29 is 4.74 Å². The van der Waals surface area contributed by atoms with Crippen LogP contribution in [0.25, 0.3) is 0 Å². The van der Waals surface area contributed by atoms with Crippen molar-refractivity contribution in [1.82, 2.24) is 4.90 Å². The number of benzene rings is 1. The van der Waals surface area contributed by atoms with Gasteiger partial charge in [0.05, 0.1) is 6.10 Å². The van der Waals surface area contributed by atoms with Gasteiger partial charge in [-0.15, -0.1) is 0 Å². The van der Waals surface area contributed by atoms with Gasteiger partial charge in [0.2, 0.25) is 0 Å². The summed E-state index contributed by atoms with van der Waals surface area (Å²) in [4.78, 5) is 2.27. The Kier molecular flexibility index (Phi) is 6.65. The molecule has 1 aromatic rings. The Hall–Kier alpha value is -0.610. The molecule has 0 amide bonds. The van der Waals surface area contributed by atoms with E-state index in [1.807, 2.05) is 18.2 Å². The highest BCUT2D eigenvalue weighted by Crippen LogP contribution is 2.26. The third-order valence-corrected chi connectivity index (χ3v) is 3.76. The SMILES string of the molecule is COC(CN)CCN(C)C(C)c1ccccc1Cl. The summed E-state index contributed by atoms with van der Waals surface area (Å²) in [6.45, 7) is 3.65. The van der Waals surface area contributed by atoms with Gasteiger partial charge in [-0.3, -0.25) is 4.90 Å². The first-order chi connectivity index (χ1) is 8.60. The topological polar surface area (TPSA) is 38.5 Å². The van der Waals surface area contributed by atoms with Crippen LogP contribution >= 0.6 is 11.6 Å². The molecule has 1 rings (SSSR count). The van der Waals surface area contributed by atoms with Crippen molar-refractivity contribution in [2.24, 2.45) is 5.73 Å². The summed E-state index contributed by atoms with van der Waals surface area (Å²) in [6.07, 6.45) is 1.06. The molecule has 102 valence electrons. The first-order valence-corrected chi connectivity index (χ1v) is 6.65. The maximum Gasteiger partial charge on any atom is 0.0705 e. The molecular weight excluding hydrogens is 248 g/mol. The van der Waals surface area contributed by atoms with Crippen LogP contribution in [0.15, 0.2) is 24.3 Å². The Morgan fingerprint density at radius 2 is 2.06 bits per heavy atom. The molecule has 0 fully saturated rings. The van der Waals surface area contributed by atoms with Crippen molar-refractivity contribution in [3.8, 4) is 0 Å². The molecule has 0 saturated carbocycles. The van der Waals surface area contributed by atoms with Gasteiger partial charge in [0.15, 0.2) is 0 Å². The second-order valence-corrected chi connectivity index (χ2v) is 4.97. The molecule has 0 spiro atoms. The lowest BCUT2D eigenvalue weighted by molar-refractivity contribution is 0.0881. The van der Waals surface area contributed by atoms with E-state index in [4.69, 9.17) is 22.1 Å². The molecule has 2 unspecified atom stereocenters. The third kappa shape index (κ3) is 4.25. The molecule has 0 saturated heterocycles. The first kappa shape index (κ1) is 15.4. The molecular formula is C14H23ClN2O. The summed E-state index contributed by atoms with van der Waals surface area (Å²) >= 11 is 6.21.